The quantitative estimate of drug-likeness (QED) is 0.295. The number of rotatable bonds is 3. The molecule has 4 nitrogen and oxygen atoms in total. The fraction of sp³-hybridized carbons (Fsp3) is 0.875. The van der Waals surface area contributed by atoms with Crippen molar-refractivity contribution >= 4 is 5.84 Å². The molecular weight excluding hydrogens is 173 g/mol. The molecule has 0 saturated carbocycles. The van der Waals surface area contributed by atoms with Crippen molar-refractivity contribution in [2.75, 3.05) is 19.8 Å². The summed E-state index contributed by atoms with van der Waals surface area (Å²) in [6, 6.07) is -0.0745. The Balaban J connectivity index is 2.56. The molecule has 1 unspecified atom stereocenters. The molecule has 0 spiro atoms. The third kappa shape index (κ3) is 2.55. The van der Waals surface area contributed by atoms with Gasteiger partial charge in [-0.1, -0.05) is 11.6 Å². The van der Waals surface area contributed by atoms with Gasteiger partial charge in [-0.05, 0) is 19.4 Å². The van der Waals surface area contributed by atoms with Gasteiger partial charge in [0.15, 0.2) is 5.84 Å². The zero-order valence-electron chi connectivity index (χ0n) is 7.62. The zero-order valence-corrected chi connectivity index (χ0v) is 7.62. The zero-order chi connectivity index (χ0) is 9.68. The fourth-order valence-corrected chi connectivity index (χ4v) is 1.77. The molecule has 1 aliphatic heterocycles. The lowest BCUT2D eigenvalue weighted by atomic mass is 10.0. The Bertz CT molecular complexity index is 184. The lowest BCUT2D eigenvalue weighted by molar-refractivity contribution is 0.173. The molecule has 0 aromatic heterocycles. The number of amidine groups is 1. The van der Waals surface area contributed by atoms with Gasteiger partial charge in [-0.25, -0.2) is 4.39 Å². The van der Waals surface area contributed by atoms with Gasteiger partial charge < -0.3 is 10.9 Å². The van der Waals surface area contributed by atoms with Crippen molar-refractivity contribution in [3.05, 3.63) is 0 Å². The average Bonchev–Trinajstić information content (AvgIpc) is 2.18. The highest BCUT2D eigenvalue weighted by Gasteiger charge is 2.25. The number of nitrogens with zero attached hydrogens (tertiary/aromatic N) is 2. The van der Waals surface area contributed by atoms with Crippen LogP contribution >= 0.6 is 0 Å². The molecule has 1 saturated heterocycles. The number of nitrogens with two attached hydrogens (primary N) is 1. The normalized spacial score (nSPS) is 26.2. The van der Waals surface area contributed by atoms with E-state index in [4.69, 9.17) is 10.9 Å². The van der Waals surface area contributed by atoms with E-state index in [1.807, 2.05) is 4.90 Å². The van der Waals surface area contributed by atoms with E-state index in [1.165, 1.54) is 0 Å². The summed E-state index contributed by atoms with van der Waals surface area (Å²) < 4.78 is 12.1. The lowest BCUT2D eigenvalue weighted by Gasteiger charge is -2.33. The molecule has 0 aromatic rings. The Morgan fingerprint density at radius 1 is 1.62 bits per heavy atom. The number of hydrogen-bond donors (Lipinski definition) is 2. The van der Waals surface area contributed by atoms with Crippen molar-refractivity contribution in [2.24, 2.45) is 10.9 Å². The van der Waals surface area contributed by atoms with E-state index in [9.17, 15) is 4.39 Å². The second kappa shape index (κ2) is 5.01. The van der Waals surface area contributed by atoms with Crippen LogP contribution in [0.15, 0.2) is 5.16 Å². The van der Waals surface area contributed by atoms with Crippen LogP contribution in [0.4, 0.5) is 4.39 Å². The van der Waals surface area contributed by atoms with Gasteiger partial charge in [0.2, 0.25) is 0 Å². The molecule has 13 heavy (non-hydrogen) atoms. The van der Waals surface area contributed by atoms with Crippen LogP contribution in [0.2, 0.25) is 0 Å². The maximum Gasteiger partial charge on any atom is 0.156 e. The molecular formula is C8H16FN3O. The molecule has 0 bridgehead atoms. The van der Waals surface area contributed by atoms with Gasteiger partial charge in [0, 0.05) is 6.54 Å². The first-order valence-corrected chi connectivity index (χ1v) is 4.57. The Morgan fingerprint density at radius 3 is 3.00 bits per heavy atom. The van der Waals surface area contributed by atoms with Crippen LogP contribution in [0.25, 0.3) is 0 Å². The fourth-order valence-electron chi connectivity index (χ4n) is 1.77. The van der Waals surface area contributed by atoms with E-state index < -0.39 is 0 Å². The van der Waals surface area contributed by atoms with E-state index in [0.29, 0.717) is 6.54 Å². The molecule has 1 atom stereocenters. The van der Waals surface area contributed by atoms with Crippen LogP contribution in [-0.2, 0) is 0 Å². The second-order valence-corrected chi connectivity index (χ2v) is 3.26. The van der Waals surface area contributed by atoms with Crippen molar-refractivity contribution < 1.29 is 9.60 Å². The third-order valence-electron chi connectivity index (χ3n) is 2.44. The first-order valence-electron chi connectivity index (χ1n) is 4.57. The van der Waals surface area contributed by atoms with Gasteiger partial charge in [-0.2, -0.15) is 0 Å². The number of piperidine rings is 1. The largest absolute Gasteiger partial charge is 0.409 e. The highest BCUT2D eigenvalue weighted by Crippen LogP contribution is 2.16. The summed E-state index contributed by atoms with van der Waals surface area (Å²) in [6.45, 7) is 0.834. The highest BCUT2D eigenvalue weighted by molar-refractivity contribution is 5.85. The Labute approximate surface area is 77.2 Å². The number of halogens is 1. The Morgan fingerprint density at radius 2 is 2.38 bits per heavy atom. The van der Waals surface area contributed by atoms with Crippen LogP contribution in [0, 0.1) is 0 Å². The maximum atomic E-state index is 12.1. The standard InChI is InChI=1S/C8H16FN3O/c9-4-6-12-5-2-1-3-7(12)8(10)11-13/h7,13H,1-6H2,(H2,10,11). The molecule has 0 radical (unpaired) electrons. The summed E-state index contributed by atoms with van der Waals surface area (Å²) >= 11 is 0. The van der Waals surface area contributed by atoms with E-state index in [-0.39, 0.29) is 18.6 Å². The number of oxime groups is 1. The van der Waals surface area contributed by atoms with Gasteiger partial charge in [0.05, 0.1) is 6.04 Å². The van der Waals surface area contributed by atoms with Crippen LogP contribution in [0.3, 0.4) is 0 Å². The highest BCUT2D eigenvalue weighted by atomic mass is 19.1. The molecule has 0 amide bonds. The number of likely N-dealkylation sites (tertiary alicyclic amines) is 1. The van der Waals surface area contributed by atoms with Crippen molar-refractivity contribution in [1.82, 2.24) is 4.90 Å². The van der Waals surface area contributed by atoms with Crippen molar-refractivity contribution in [2.45, 2.75) is 25.3 Å². The van der Waals surface area contributed by atoms with E-state index >= 15 is 0 Å². The first-order chi connectivity index (χ1) is 6.29. The van der Waals surface area contributed by atoms with Gasteiger partial charge in [-0.15, -0.1) is 0 Å². The summed E-state index contributed by atoms with van der Waals surface area (Å²) in [5.41, 5.74) is 5.50. The second-order valence-electron chi connectivity index (χ2n) is 3.26. The third-order valence-corrected chi connectivity index (χ3v) is 2.44. The van der Waals surface area contributed by atoms with Crippen molar-refractivity contribution in [1.29, 1.82) is 0 Å². The Hall–Kier alpha value is -0.840. The van der Waals surface area contributed by atoms with E-state index in [0.717, 1.165) is 25.8 Å². The monoisotopic (exact) mass is 189 g/mol. The smallest absolute Gasteiger partial charge is 0.156 e. The predicted octanol–water partition coefficient (Wildman–Crippen LogP) is 0.557. The minimum Gasteiger partial charge on any atom is -0.409 e. The van der Waals surface area contributed by atoms with Crippen LogP contribution < -0.4 is 5.73 Å². The summed E-state index contributed by atoms with van der Waals surface area (Å²) in [6.07, 6.45) is 2.98. The maximum absolute atomic E-state index is 12.1. The van der Waals surface area contributed by atoms with Crippen molar-refractivity contribution in [3.8, 4) is 0 Å². The molecule has 0 aromatic carbocycles. The predicted molar refractivity (Wildman–Crippen MR) is 48.6 cm³/mol. The lowest BCUT2D eigenvalue weighted by Crippen LogP contribution is -2.48. The van der Waals surface area contributed by atoms with Gasteiger partial charge in [0.1, 0.15) is 6.67 Å². The van der Waals surface area contributed by atoms with E-state index in [2.05, 4.69) is 5.16 Å². The molecule has 0 aliphatic carbocycles. The number of hydrogen-bond acceptors (Lipinski definition) is 3. The topological polar surface area (TPSA) is 61.9 Å². The van der Waals surface area contributed by atoms with Crippen molar-refractivity contribution in [3.63, 3.8) is 0 Å². The minimum absolute atomic E-state index is 0.0745. The first kappa shape index (κ1) is 10.2. The molecule has 1 rings (SSSR count). The SMILES string of the molecule is NC(=NO)C1CCCCN1CCF. The molecule has 1 fully saturated rings. The molecule has 5 heteroatoms. The van der Waals surface area contributed by atoms with Gasteiger partial charge >= 0.3 is 0 Å². The van der Waals surface area contributed by atoms with Crippen LogP contribution in [0.1, 0.15) is 19.3 Å². The van der Waals surface area contributed by atoms with Gasteiger partial charge in [0.25, 0.3) is 0 Å². The minimum atomic E-state index is -0.380. The van der Waals surface area contributed by atoms with E-state index in [1.54, 1.807) is 0 Å². The molecule has 3 N–H and O–H groups in total. The Kier molecular flexibility index (Phi) is 3.95. The average molecular weight is 189 g/mol. The van der Waals surface area contributed by atoms with Gasteiger partial charge in [-0.3, -0.25) is 4.90 Å². The molecule has 76 valence electrons. The summed E-state index contributed by atoms with van der Waals surface area (Å²) in [7, 11) is 0. The summed E-state index contributed by atoms with van der Waals surface area (Å²) in [4.78, 5) is 1.93. The molecule has 1 heterocycles. The summed E-state index contributed by atoms with van der Waals surface area (Å²) in [5, 5.41) is 11.5. The number of alkyl halides is 1. The summed E-state index contributed by atoms with van der Waals surface area (Å²) in [5.74, 6) is 0.202. The molecule has 1 aliphatic rings. The van der Waals surface area contributed by atoms with Crippen LogP contribution in [0.5, 0.6) is 0 Å². The van der Waals surface area contributed by atoms with Crippen LogP contribution in [-0.4, -0.2) is 41.7 Å².